The quantitative estimate of drug-likeness (QED) is 0.891. The number of aromatic nitrogens is 2. The molecule has 2 atom stereocenters. The lowest BCUT2D eigenvalue weighted by Crippen LogP contribution is -2.40. The zero-order chi connectivity index (χ0) is 15.5. The number of nitrogens with one attached hydrogen (secondary N) is 1. The van der Waals surface area contributed by atoms with Crippen LogP contribution >= 0.6 is 0 Å². The molecule has 0 aliphatic carbocycles. The van der Waals surface area contributed by atoms with Gasteiger partial charge in [-0.2, -0.15) is 10.2 Å². The van der Waals surface area contributed by atoms with Crippen LogP contribution in [-0.4, -0.2) is 34.4 Å². The lowest BCUT2D eigenvalue weighted by atomic mass is 9.91. The van der Waals surface area contributed by atoms with E-state index in [1.807, 2.05) is 24.3 Å². The van der Waals surface area contributed by atoms with E-state index in [1.165, 1.54) is 6.20 Å². The van der Waals surface area contributed by atoms with Gasteiger partial charge in [-0.1, -0.05) is 18.2 Å². The Bertz CT molecular complexity index is 690. The van der Waals surface area contributed by atoms with Gasteiger partial charge in [-0.25, -0.2) is 0 Å². The maximum atomic E-state index is 12.5. The summed E-state index contributed by atoms with van der Waals surface area (Å²) in [6, 6.07) is 8.88. The van der Waals surface area contributed by atoms with E-state index >= 15 is 0 Å². The van der Waals surface area contributed by atoms with Crippen molar-refractivity contribution in [2.24, 2.45) is 5.92 Å². The first-order valence-corrected chi connectivity index (χ1v) is 7.12. The Hall–Kier alpha value is -2.47. The molecule has 0 saturated carbocycles. The third-order valence-electron chi connectivity index (χ3n) is 3.85. The zero-order valence-corrected chi connectivity index (χ0v) is 12.2. The van der Waals surface area contributed by atoms with E-state index in [-0.39, 0.29) is 24.5 Å². The summed E-state index contributed by atoms with van der Waals surface area (Å²) in [5.41, 5.74) is 1.93. The van der Waals surface area contributed by atoms with Crippen LogP contribution in [0.4, 0.5) is 0 Å². The highest BCUT2D eigenvalue weighted by atomic mass is 16.5. The summed E-state index contributed by atoms with van der Waals surface area (Å²) in [6.45, 7) is 2.04. The van der Waals surface area contributed by atoms with Crippen molar-refractivity contribution in [1.82, 2.24) is 15.5 Å². The molecule has 2 N–H and O–H groups in total. The molecule has 2 heterocycles. The number of nitrogens with zero attached hydrogens (tertiary/aromatic N) is 2. The van der Waals surface area contributed by atoms with E-state index in [0.29, 0.717) is 17.9 Å². The van der Waals surface area contributed by atoms with Crippen LogP contribution < -0.4 is 10.1 Å². The fourth-order valence-corrected chi connectivity index (χ4v) is 2.63. The highest BCUT2D eigenvalue weighted by molar-refractivity contribution is 5.95. The van der Waals surface area contributed by atoms with Crippen molar-refractivity contribution >= 4 is 5.91 Å². The van der Waals surface area contributed by atoms with Crippen molar-refractivity contribution in [1.29, 1.82) is 0 Å². The fourth-order valence-electron chi connectivity index (χ4n) is 2.63. The Morgan fingerprint density at radius 1 is 1.41 bits per heavy atom. The number of hydrogen-bond acceptors (Lipinski definition) is 5. The van der Waals surface area contributed by atoms with Gasteiger partial charge >= 0.3 is 0 Å². The number of aliphatic hydroxyl groups excluding tert-OH is 1. The lowest BCUT2D eigenvalue weighted by molar-refractivity contribution is 0.0817. The first kappa shape index (κ1) is 14.5. The number of amides is 1. The van der Waals surface area contributed by atoms with Crippen LogP contribution in [-0.2, 0) is 0 Å². The van der Waals surface area contributed by atoms with Crippen LogP contribution in [0.3, 0.4) is 0 Å². The second kappa shape index (κ2) is 6.11. The molecule has 22 heavy (non-hydrogen) atoms. The number of carbonyl (C=O) groups excluding carboxylic acids is 1. The summed E-state index contributed by atoms with van der Waals surface area (Å²) in [4.78, 5) is 12.5. The molecule has 6 heteroatoms. The molecule has 0 spiro atoms. The Morgan fingerprint density at radius 3 is 3.00 bits per heavy atom. The Labute approximate surface area is 128 Å². The van der Waals surface area contributed by atoms with Crippen molar-refractivity contribution in [3.05, 3.63) is 53.3 Å². The van der Waals surface area contributed by atoms with Crippen molar-refractivity contribution < 1.29 is 14.6 Å². The van der Waals surface area contributed by atoms with E-state index < -0.39 is 0 Å². The van der Waals surface area contributed by atoms with Gasteiger partial charge < -0.3 is 15.2 Å². The number of fused-ring (bicyclic) bond motifs is 1. The summed E-state index contributed by atoms with van der Waals surface area (Å²) in [7, 11) is 0. The summed E-state index contributed by atoms with van der Waals surface area (Å²) in [5.74, 6) is 0.323. The average molecular weight is 299 g/mol. The molecule has 0 unspecified atom stereocenters. The number of carbonyl (C=O) groups is 1. The number of aryl methyl sites for hydroxylation is 1. The lowest BCUT2D eigenvalue weighted by Gasteiger charge is -2.33. The van der Waals surface area contributed by atoms with Crippen molar-refractivity contribution in [3.8, 4) is 5.75 Å². The SMILES string of the molecule is Cc1nnccc1C(=O)N[C@H]1c2ccccc2OC[C@H]1CO. The molecule has 0 radical (unpaired) electrons. The van der Waals surface area contributed by atoms with Crippen LogP contribution in [0.25, 0.3) is 0 Å². The number of para-hydroxylation sites is 1. The van der Waals surface area contributed by atoms with Crippen LogP contribution in [0, 0.1) is 12.8 Å². The summed E-state index contributed by atoms with van der Waals surface area (Å²) in [6.07, 6.45) is 1.49. The van der Waals surface area contributed by atoms with Crippen LogP contribution in [0.15, 0.2) is 36.5 Å². The molecule has 1 amide bonds. The molecule has 3 rings (SSSR count). The molecule has 1 aliphatic heterocycles. The molecular weight excluding hydrogens is 282 g/mol. The highest BCUT2D eigenvalue weighted by Crippen LogP contribution is 2.35. The van der Waals surface area contributed by atoms with Gasteiger partial charge in [-0.15, -0.1) is 0 Å². The molecule has 0 saturated heterocycles. The number of rotatable bonds is 3. The standard InChI is InChI=1S/C16H17N3O3/c1-10-12(6-7-17-19-10)16(21)18-15-11(8-20)9-22-14-5-3-2-4-13(14)15/h2-7,11,15,20H,8-9H2,1H3,(H,18,21)/t11-,15-/m1/s1. The van der Waals surface area contributed by atoms with E-state index in [2.05, 4.69) is 15.5 Å². The van der Waals surface area contributed by atoms with E-state index in [4.69, 9.17) is 4.74 Å². The average Bonchev–Trinajstić information content (AvgIpc) is 2.55. The minimum Gasteiger partial charge on any atom is -0.493 e. The predicted molar refractivity (Wildman–Crippen MR) is 79.5 cm³/mol. The first-order valence-electron chi connectivity index (χ1n) is 7.12. The molecular formula is C16H17N3O3. The van der Waals surface area contributed by atoms with E-state index in [9.17, 15) is 9.90 Å². The molecule has 114 valence electrons. The number of ether oxygens (including phenoxy) is 1. The number of hydrogen-bond donors (Lipinski definition) is 2. The van der Waals surface area contributed by atoms with Crippen LogP contribution in [0.5, 0.6) is 5.75 Å². The number of aliphatic hydroxyl groups is 1. The minimum absolute atomic E-state index is 0.0626. The largest absolute Gasteiger partial charge is 0.493 e. The molecule has 1 aromatic heterocycles. The molecule has 1 aromatic carbocycles. The van der Waals surface area contributed by atoms with Gasteiger partial charge in [0.2, 0.25) is 0 Å². The predicted octanol–water partition coefficient (Wildman–Crippen LogP) is 1.26. The maximum Gasteiger partial charge on any atom is 0.253 e. The molecule has 1 aliphatic rings. The van der Waals surface area contributed by atoms with E-state index in [0.717, 1.165) is 11.3 Å². The zero-order valence-electron chi connectivity index (χ0n) is 12.2. The Morgan fingerprint density at radius 2 is 2.23 bits per heavy atom. The molecule has 2 aromatic rings. The molecule has 0 bridgehead atoms. The maximum absolute atomic E-state index is 12.5. The van der Waals surface area contributed by atoms with Gasteiger partial charge in [0.25, 0.3) is 5.91 Å². The van der Waals surface area contributed by atoms with Crippen LogP contribution in [0.2, 0.25) is 0 Å². The summed E-state index contributed by atoms with van der Waals surface area (Å²) in [5, 5.41) is 20.2. The van der Waals surface area contributed by atoms with Crippen LogP contribution in [0.1, 0.15) is 27.7 Å². The Kier molecular flexibility index (Phi) is 4.02. The highest BCUT2D eigenvalue weighted by Gasteiger charge is 2.32. The second-order valence-corrected chi connectivity index (χ2v) is 5.27. The van der Waals surface area contributed by atoms with Gasteiger partial charge in [0.15, 0.2) is 0 Å². The van der Waals surface area contributed by atoms with E-state index in [1.54, 1.807) is 13.0 Å². The molecule has 0 fully saturated rings. The monoisotopic (exact) mass is 299 g/mol. The second-order valence-electron chi connectivity index (χ2n) is 5.27. The number of benzene rings is 1. The third kappa shape index (κ3) is 2.65. The van der Waals surface area contributed by atoms with Gasteiger partial charge in [0, 0.05) is 11.5 Å². The normalized spacial score (nSPS) is 19.9. The van der Waals surface area contributed by atoms with Crippen molar-refractivity contribution in [2.75, 3.05) is 13.2 Å². The van der Waals surface area contributed by atoms with Crippen molar-refractivity contribution in [2.45, 2.75) is 13.0 Å². The summed E-state index contributed by atoms with van der Waals surface area (Å²) < 4.78 is 5.63. The summed E-state index contributed by atoms with van der Waals surface area (Å²) >= 11 is 0. The molecule has 6 nitrogen and oxygen atoms in total. The third-order valence-corrected chi connectivity index (χ3v) is 3.85. The van der Waals surface area contributed by atoms with Gasteiger partial charge in [-0.3, -0.25) is 4.79 Å². The Balaban J connectivity index is 1.89. The minimum atomic E-state index is -0.296. The first-order chi connectivity index (χ1) is 10.7. The van der Waals surface area contributed by atoms with Gasteiger partial charge in [0.1, 0.15) is 5.75 Å². The van der Waals surface area contributed by atoms with Gasteiger partial charge in [-0.05, 0) is 19.1 Å². The van der Waals surface area contributed by atoms with Crippen molar-refractivity contribution in [3.63, 3.8) is 0 Å². The topological polar surface area (TPSA) is 84.3 Å². The van der Waals surface area contributed by atoms with Gasteiger partial charge in [0.05, 0.1) is 36.7 Å². The smallest absolute Gasteiger partial charge is 0.253 e. The fraction of sp³-hybridized carbons (Fsp3) is 0.312.